The third-order valence-corrected chi connectivity index (χ3v) is 2.60. The molecule has 0 bridgehead atoms. The van der Waals surface area contributed by atoms with Crippen LogP contribution < -0.4 is 5.73 Å². The highest BCUT2D eigenvalue weighted by Gasteiger charge is 2.57. The van der Waals surface area contributed by atoms with Crippen LogP contribution in [0.4, 0.5) is 11.6 Å². The number of anilines is 1. The van der Waals surface area contributed by atoms with Crippen molar-refractivity contribution in [3.8, 4) is 0 Å². The summed E-state index contributed by atoms with van der Waals surface area (Å²) < 4.78 is 4.75. The summed E-state index contributed by atoms with van der Waals surface area (Å²) in [7, 11) is 0. The number of carboxylic acids is 1. The van der Waals surface area contributed by atoms with Crippen LogP contribution in [0.2, 0.25) is 0 Å². The summed E-state index contributed by atoms with van der Waals surface area (Å²) in [6, 6.07) is 0. The Hall–Kier alpha value is -2.58. The van der Waals surface area contributed by atoms with Gasteiger partial charge in [-0.1, -0.05) is 0 Å². The van der Waals surface area contributed by atoms with Crippen molar-refractivity contribution in [2.24, 2.45) is 10.2 Å². The molecule has 9 heteroatoms. The van der Waals surface area contributed by atoms with Crippen LogP contribution in [0.15, 0.2) is 10.2 Å². The number of hydrogen-bond acceptors (Lipinski definition) is 8. The first-order chi connectivity index (χ1) is 8.93. The van der Waals surface area contributed by atoms with Crippen LogP contribution in [0.5, 0.6) is 0 Å². The minimum Gasteiger partial charge on any atom is -0.479 e. The first-order valence-corrected chi connectivity index (χ1v) is 5.41. The Bertz CT molecular complexity index is 600. The van der Waals surface area contributed by atoms with Crippen molar-refractivity contribution in [2.45, 2.75) is 19.4 Å². The van der Waals surface area contributed by atoms with Crippen molar-refractivity contribution in [2.75, 3.05) is 12.3 Å². The molecule has 0 spiro atoms. The van der Waals surface area contributed by atoms with E-state index in [4.69, 9.17) is 10.5 Å². The number of nitrogen functional groups attached to an aromatic ring is 1. The van der Waals surface area contributed by atoms with Crippen LogP contribution in [0.25, 0.3) is 0 Å². The molecule has 3 N–H and O–H groups in total. The van der Waals surface area contributed by atoms with Gasteiger partial charge in [-0.15, -0.1) is 5.11 Å². The zero-order valence-corrected chi connectivity index (χ0v) is 10.2. The van der Waals surface area contributed by atoms with Crippen LogP contribution in [0.1, 0.15) is 18.3 Å². The Kier molecular flexibility index (Phi) is 2.89. The zero-order valence-electron chi connectivity index (χ0n) is 10.2. The molecule has 19 heavy (non-hydrogen) atoms. The van der Waals surface area contributed by atoms with Crippen LogP contribution in [0, 0.1) is 6.92 Å². The molecule has 100 valence electrons. The predicted molar refractivity (Wildman–Crippen MR) is 61.6 cm³/mol. The van der Waals surface area contributed by atoms with E-state index < -0.39 is 17.5 Å². The largest absolute Gasteiger partial charge is 0.479 e. The fourth-order valence-electron chi connectivity index (χ4n) is 1.74. The number of carboxylic acid groups (broad SMARTS) is 1. The Morgan fingerprint density at radius 2 is 2.11 bits per heavy atom. The summed E-state index contributed by atoms with van der Waals surface area (Å²) in [4.78, 5) is 31.0. The summed E-state index contributed by atoms with van der Waals surface area (Å²) in [5.74, 6) is -2.73. The van der Waals surface area contributed by atoms with Crippen molar-refractivity contribution >= 4 is 23.6 Å². The van der Waals surface area contributed by atoms with Gasteiger partial charge in [-0.05, 0) is 13.8 Å². The van der Waals surface area contributed by atoms with Gasteiger partial charge in [-0.3, -0.25) is 0 Å². The van der Waals surface area contributed by atoms with E-state index in [1.54, 1.807) is 13.8 Å². The summed E-state index contributed by atoms with van der Waals surface area (Å²) >= 11 is 0. The second kappa shape index (κ2) is 4.26. The predicted octanol–water partition coefficient (Wildman–Crippen LogP) is 0.308. The highest BCUT2D eigenvalue weighted by molar-refractivity contribution is 6.06. The van der Waals surface area contributed by atoms with Gasteiger partial charge < -0.3 is 15.6 Å². The topological polar surface area (TPSA) is 140 Å². The second-order valence-electron chi connectivity index (χ2n) is 3.80. The van der Waals surface area contributed by atoms with Crippen LogP contribution in [-0.4, -0.2) is 33.6 Å². The number of aliphatic carboxylic acids is 1. The lowest BCUT2D eigenvalue weighted by molar-refractivity contribution is -0.161. The summed E-state index contributed by atoms with van der Waals surface area (Å²) in [6.45, 7) is 3.14. The number of carbonyl (C=O) groups is 2. The molecule has 0 saturated heterocycles. The number of ether oxygens (including phenoxy) is 1. The first-order valence-electron chi connectivity index (χ1n) is 5.41. The van der Waals surface area contributed by atoms with Gasteiger partial charge >= 0.3 is 17.5 Å². The van der Waals surface area contributed by atoms with Gasteiger partial charge in [0.05, 0.1) is 12.3 Å². The summed E-state index contributed by atoms with van der Waals surface area (Å²) in [5, 5.41) is 16.6. The molecule has 1 aliphatic rings. The Labute approximate surface area is 107 Å². The maximum absolute atomic E-state index is 11.9. The molecule has 0 amide bonds. The minimum atomic E-state index is -2.30. The molecular weight excluding hydrogens is 254 g/mol. The van der Waals surface area contributed by atoms with Gasteiger partial charge in [0.25, 0.3) is 0 Å². The van der Waals surface area contributed by atoms with Gasteiger partial charge in [0.1, 0.15) is 11.4 Å². The van der Waals surface area contributed by atoms with E-state index in [9.17, 15) is 14.7 Å². The average Bonchev–Trinajstić information content (AvgIpc) is 2.69. The third kappa shape index (κ3) is 1.70. The SMILES string of the molecule is CCOC(=O)C1(C(=O)O)N=Nc2c(C)nc(N)nc21. The number of carbonyl (C=O) groups excluding carboxylic acids is 1. The van der Waals surface area contributed by atoms with E-state index in [1.807, 2.05) is 0 Å². The van der Waals surface area contributed by atoms with Crippen molar-refractivity contribution < 1.29 is 19.4 Å². The lowest BCUT2D eigenvalue weighted by Gasteiger charge is -2.18. The lowest BCUT2D eigenvalue weighted by atomic mass is 9.95. The molecule has 1 aliphatic heterocycles. The van der Waals surface area contributed by atoms with Gasteiger partial charge in [-0.25, -0.2) is 19.6 Å². The number of rotatable bonds is 3. The fourth-order valence-corrected chi connectivity index (χ4v) is 1.74. The number of esters is 1. The van der Waals surface area contributed by atoms with E-state index in [0.29, 0.717) is 5.69 Å². The number of hydrogen-bond donors (Lipinski definition) is 2. The van der Waals surface area contributed by atoms with Crippen LogP contribution >= 0.6 is 0 Å². The molecule has 2 heterocycles. The van der Waals surface area contributed by atoms with Crippen molar-refractivity contribution in [1.82, 2.24) is 9.97 Å². The Morgan fingerprint density at radius 3 is 2.68 bits per heavy atom. The number of aromatic nitrogens is 2. The molecule has 1 aromatic heterocycles. The summed E-state index contributed by atoms with van der Waals surface area (Å²) in [6.07, 6.45) is 0. The number of fused-ring (bicyclic) bond motifs is 1. The van der Waals surface area contributed by atoms with E-state index >= 15 is 0 Å². The molecule has 2 rings (SSSR count). The zero-order chi connectivity index (χ0) is 14.2. The van der Waals surface area contributed by atoms with E-state index in [2.05, 4.69) is 20.2 Å². The normalized spacial score (nSPS) is 20.1. The molecule has 0 radical (unpaired) electrons. The fraction of sp³-hybridized carbons (Fsp3) is 0.400. The van der Waals surface area contributed by atoms with Crippen molar-refractivity contribution in [3.63, 3.8) is 0 Å². The molecule has 0 aromatic carbocycles. The standard InChI is InChI=1S/C10H11N5O4/c1-3-19-8(18)10(7(16)17)6-5(14-15-10)4(2)12-9(11)13-6/h3H2,1-2H3,(H,16,17)(H2,11,12,13). The maximum Gasteiger partial charge on any atom is 0.354 e. The molecule has 1 atom stereocenters. The highest BCUT2D eigenvalue weighted by Crippen LogP contribution is 2.42. The molecular formula is C10H11N5O4. The average molecular weight is 265 g/mol. The third-order valence-electron chi connectivity index (χ3n) is 2.60. The van der Waals surface area contributed by atoms with Crippen molar-refractivity contribution in [1.29, 1.82) is 0 Å². The van der Waals surface area contributed by atoms with E-state index in [1.165, 1.54) is 0 Å². The molecule has 0 aliphatic carbocycles. The first kappa shape index (κ1) is 12.9. The van der Waals surface area contributed by atoms with E-state index in [0.717, 1.165) is 0 Å². The summed E-state index contributed by atoms with van der Waals surface area (Å²) in [5.41, 5.74) is 3.49. The Balaban J connectivity index is 2.67. The number of azo groups is 1. The van der Waals surface area contributed by atoms with Crippen molar-refractivity contribution in [3.05, 3.63) is 11.4 Å². The van der Waals surface area contributed by atoms with Gasteiger partial charge in [-0.2, -0.15) is 5.11 Å². The van der Waals surface area contributed by atoms with Crippen LogP contribution in [0.3, 0.4) is 0 Å². The van der Waals surface area contributed by atoms with Gasteiger partial charge in [0.2, 0.25) is 5.95 Å². The monoisotopic (exact) mass is 265 g/mol. The molecule has 1 unspecified atom stereocenters. The molecule has 1 aromatic rings. The number of nitrogens with two attached hydrogens (primary N) is 1. The minimum absolute atomic E-state index is 0.0122. The van der Waals surface area contributed by atoms with Gasteiger partial charge in [0, 0.05) is 0 Å². The number of nitrogens with zero attached hydrogens (tertiary/aromatic N) is 4. The lowest BCUT2D eigenvalue weighted by Crippen LogP contribution is -2.42. The Morgan fingerprint density at radius 1 is 1.42 bits per heavy atom. The number of aryl methyl sites for hydroxylation is 1. The van der Waals surface area contributed by atoms with Gasteiger partial charge in [0.15, 0.2) is 0 Å². The molecule has 0 saturated carbocycles. The highest BCUT2D eigenvalue weighted by atomic mass is 16.5. The molecule has 9 nitrogen and oxygen atoms in total. The second-order valence-corrected chi connectivity index (χ2v) is 3.80. The molecule has 0 fully saturated rings. The maximum atomic E-state index is 11.9. The van der Waals surface area contributed by atoms with E-state index in [-0.39, 0.29) is 23.9 Å². The van der Waals surface area contributed by atoms with Crippen LogP contribution in [-0.2, 0) is 19.9 Å². The quantitative estimate of drug-likeness (QED) is 0.591. The smallest absolute Gasteiger partial charge is 0.354 e.